The molecule has 1 nitrogen and oxygen atoms in total. The van der Waals surface area contributed by atoms with Crippen LogP contribution < -0.4 is 5.32 Å². The lowest BCUT2D eigenvalue weighted by molar-refractivity contribution is 0.465. The predicted molar refractivity (Wildman–Crippen MR) is 74.6 cm³/mol. The fourth-order valence-electron chi connectivity index (χ4n) is 2.46. The zero-order valence-electron chi connectivity index (χ0n) is 9.86. The minimum Gasteiger partial charge on any atom is -0.317 e. The number of hydrogen-bond acceptors (Lipinski definition) is 2. The molecule has 2 heteroatoms. The average molecular weight is 243 g/mol. The van der Waals surface area contributed by atoms with Gasteiger partial charge in [0.15, 0.2) is 0 Å². The highest BCUT2D eigenvalue weighted by Crippen LogP contribution is 2.34. The van der Waals surface area contributed by atoms with Crippen molar-refractivity contribution in [2.75, 3.05) is 13.1 Å². The SMILES string of the molecule is c1ccc(-c2csc(C3CCNCC3)c2)cc1. The summed E-state index contributed by atoms with van der Waals surface area (Å²) < 4.78 is 0. The molecule has 1 N–H and O–H groups in total. The van der Waals surface area contributed by atoms with Gasteiger partial charge in [-0.05, 0) is 54.4 Å². The predicted octanol–water partition coefficient (Wildman–Crippen LogP) is 3.88. The van der Waals surface area contributed by atoms with Gasteiger partial charge >= 0.3 is 0 Å². The van der Waals surface area contributed by atoms with Crippen LogP contribution in [-0.4, -0.2) is 13.1 Å². The fraction of sp³-hybridized carbons (Fsp3) is 0.333. The van der Waals surface area contributed by atoms with Crippen LogP contribution in [0.4, 0.5) is 0 Å². The number of benzene rings is 1. The van der Waals surface area contributed by atoms with Crippen molar-refractivity contribution in [1.29, 1.82) is 0 Å². The van der Waals surface area contributed by atoms with Gasteiger partial charge in [-0.15, -0.1) is 11.3 Å². The van der Waals surface area contributed by atoms with E-state index in [0.717, 1.165) is 5.92 Å². The van der Waals surface area contributed by atoms with Gasteiger partial charge in [-0.2, -0.15) is 0 Å². The lowest BCUT2D eigenvalue weighted by Crippen LogP contribution is -2.26. The summed E-state index contributed by atoms with van der Waals surface area (Å²) >= 11 is 1.92. The van der Waals surface area contributed by atoms with Crippen molar-refractivity contribution in [2.24, 2.45) is 0 Å². The first kappa shape index (κ1) is 11.0. The van der Waals surface area contributed by atoms with Gasteiger partial charge < -0.3 is 5.32 Å². The Morgan fingerprint density at radius 2 is 1.76 bits per heavy atom. The summed E-state index contributed by atoms with van der Waals surface area (Å²) in [4.78, 5) is 1.56. The Labute approximate surface area is 106 Å². The number of rotatable bonds is 2. The summed E-state index contributed by atoms with van der Waals surface area (Å²) in [5.41, 5.74) is 2.72. The Balaban J connectivity index is 1.83. The second-order valence-electron chi connectivity index (χ2n) is 4.63. The highest BCUT2D eigenvalue weighted by atomic mass is 32.1. The van der Waals surface area contributed by atoms with Crippen LogP contribution >= 0.6 is 11.3 Å². The van der Waals surface area contributed by atoms with E-state index in [9.17, 15) is 0 Å². The van der Waals surface area contributed by atoms with Gasteiger partial charge in [0.25, 0.3) is 0 Å². The molecule has 0 bridgehead atoms. The van der Waals surface area contributed by atoms with Crippen LogP contribution in [0, 0.1) is 0 Å². The highest BCUT2D eigenvalue weighted by Gasteiger charge is 2.16. The van der Waals surface area contributed by atoms with Gasteiger partial charge in [0.2, 0.25) is 0 Å². The third kappa shape index (κ3) is 2.43. The van der Waals surface area contributed by atoms with Gasteiger partial charge in [-0.1, -0.05) is 30.3 Å². The first-order valence-corrected chi connectivity index (χ1v) is 7.16. The molecule has 17 heavy (non-hydrogen) atoms. The van der Waals surface area contributed by atoms with E-state index in [1.807, 2.05) is 11.3 Å². The van der Waals surface area contributed by atoms with Crippen LogP contribution in [-0.2, 0) is 0 Å². The summed E-state index contributed by atoms with van der Waals surface area (Å²) in [5, 5.41) is 5.73. The van der Waals surface area contributed by atoms with E-state index >= 15 is 0 Å². The maximum Gasteiger partial charge on any atom is 0.00835 e. The topological polar surface area (TPSA) is 12.0 Å². The van der Waals surface area contributed by atoms with E-state index < -0.39 is 0 Å². The Bertz CT molecular complexity index is 469. The molecule has 1 aromatic heterocycles. The molecule has 88 valence electrons. The molecule has 0 saturated carbocycles. The first-order valence-electron chi connectivity index (χ1n) is 6.28. The summed E-state index contributed by atoms with van der Waals surface area (Å²) in [7, 11) is 0. The fourth-order valence-corrected chi connectivity index (χ4v) is 3.55. The molecule has 1 aromatic carbocycles. The molecule has 2 heterocycles. The monoisotopic (exact) mass is 243 g/mol. The summed E-state index contributed by atoms with van der Waals surface area (Å²) in [6.45, 7) is 2.34. The van der Waals surface area contributed by atoms with Crippen LogP contribution in [0.15, 0.2) is 41.8 Å². The zero-order chi connectivity index (χ0) is 11.5. The zero-order valence-corrected chi connectivity index (χ0v) is 10.7. The Morgan fingerprint density at radius 1 is 1.00 bits per heavy atom. The molecular formula is C15H17NS. The number of thiophene rings is 1. The van der Waals surface area contributed by atoms with Gasteiger partial charge in [0.05, 0.1) is 0 Å². The Morgan fingerprint density at radius 3 is 2.53 bits per heavy atom. The second-order valence-corrected chi connectivity index (χ2v) is 5.57. The smallest absolute Gasteiger partial charge is 0.00835 e. The van der Waals surface area contributed by atoms with Gasteiger partial charge in [0, 0.05) is 4.88 Å². The van der Waals surface area contributed by atoms with Crippen molar-refractivity contribution in [2.45, 2.75) is 18.8 Å². The molecule has 0 radical (unpaired) electrons. The molecule has 0 spiro atoms. The van der Waals surface area contributed by atoms with Crippen molar-refractivity contribution >= 4 is 11.3 Å². The molecule has 1 fully saturated rings. The van der Waals surface area contributed by atoms with Gasteiger partial charge in [0.1, 0.15) is 0 Å². The number of piperidine rings is 1. The summed E-state index contributed by atoms with van der Waals surface area (Å²) in [6, 6.07) is 13.1. The van der Waals surface area contributed by atoms with Crippen molar-refractivity contribution < 1.29 is 0 Å². The first-order chi connectivity index (χ1) is 8.43. The van der Waals surface area contributed by atoms with E-state index in [2.05, 4.69) is 47.1 Å². The molecule has 1 aliphatic rings. The van der Waals surface area contributed by atoms with Crippen LogP contribution in [0.5, 0.6) is 0 Å². The average Bonchev–Trinajstić information content (AvgIpc) is 2.90. The Kier molecular flexibility index (Phi) is 3.25. The van der Waals surface area contributed by atoms with Crippen LogP contribution in [0.3, 0.4) is 0 Å². The lowest BCUT2D eigenvalue weighted by Gasteiger charge is -2.21. The second kappa shape index (κ2) is 5.03. The van der Waals surface area contributed by atoms with Gasteiger partial charge in [-0.25, -0.2) is 0 Å². The van der Waals surface area contributed by atoms with E-state index in [0.29, 0.717) is 0 Å². The van der Waals surface area contributed by atoms with Gasteiger partial charge in [-0.3, -0.25) is 0 Å². The largest absolute Gasteiger partial charge is 0.317 e. The molecule has 0 amide bonds. The lowest BCUT2D eigenvalue weighted by atomic mass is 9.95. The third-order valence-electron chi connectivity index (χ3n) is 3.47. The van der Waals surface area contributed by atoms with E-state index in [4.69, 9.17) is 0 Å². The van der Waals surface area contributed by atoms with Crippen molar-refractivity contribution in [3.8, 4) is 11.1 Å². The van der Waals surface area contributed by atoms with Crippen molar-refractivity contribution in [3.63, 3.8) is 0 Å². The molecule has 0 atom stereocenters. The van der Waals surface area contributed by atoms with E-state index in [1.54, 1.807) is 4.88 Å². The van der Waals surface area contributed by atoms with Crippen molar-refractivity contribution in [3.05, 3.63) is 46.7 Å². The third-order valence-corrected chi connectivity index (χ3v) is 4.56. The number of hydrogen-bond donors (Lipinski definition) is 1. The normalized spacial score (nSPS) is 17.2. The molecular weight excluding hydrogens is 226 g/mol. The summed E-state index contributed by atoms with van der Waals surface area (Å²) in [6.07, 6.45) is 2.57. The Hall–Kier alpha value is -1.12. The molecule has 0 unspecified atom stereocenters. The quantitative estimate of drug-likeness (QED) is 0.844. The molecule has 1 aliphatic heterocycles. The number of nitrogens with one attached hydrogen (secondary N) is 1. The molecule has 1 saturated heterocycles. The molecule has 0 aliphatic carbocycles. The maximum absolute atomic E-state index is 3.43. The highest BCUT2D eigenvalue weighted by molar-refractivity contribution is 7.10. The minimum atomic E-state index is 0.777. The van der Waals surface area contributed by atoms with E-state index in [1.165, 1.54) is 37.1 Å². The van der Waals surface area contributed by atoms with Crippen molar-refractivity contribution in [1.82, 2.24) is 5.32 Å². The van der Waals surface area contributed by atoms with Crippen LogP contribution in [0.1, 0.15) is 23.6 Å². The summed E-state index contributed by atoms with van der Waals surface area (Å²) in [5.74, 6) is 0.777. The van der Waals surface area contributed by atoms with Crippen LogP contribution in [0.2, 0.25) is 0 Å². The molecule has 2 aromatic rings. The maximum atomic E-state index is 3.43. The minimum absolute atomic E-state index is 0.777. The van der Waals surface area contributed by atoms with E-state index in [-0.39, 0.29) is 0 Å². The van der Waals surface area contributed by atoms with Crippen LogP contribution in [0.25, 0.3) is 11.1 Å². The molecule has 3 rings (SSSR count). The standard InChI is InChI=1S/C15H17NS/c1-2-4-12(5-3-1)14-10-15(17-11-14)13-6-8-16-9-7-13/h1-5,10-11,13,16H,6-9H2.